The second-order valence-corrected chi connectivity index (χ2v) is 3.91. The van der Waals surface area contributed by atoms with Gasteiger partial charge in [-0.05, 0) is 23.6 Å². The molecule has 0 bridgehead atoms. The summed E-state index contributed by atoms with van der Waals surface area (Å²) in [6.07, 6.45) is 3.51. The summed E-state index contributed by atoms with van der Waals surface area (Å²) in [5.74, 6) is -1.02. The Kier molecular flexibility index (Phi) is 2.30. The van der Waals surface area contributed by atoms with Gasteiger partial charge in [-0.1, -0.05) is 12.1 Å². The maximum atomic E-state index is 10.8. The highest BCUT2D eigenvalue weighted by Gasteiger charge is 2.09. The summed E-state index contributed by atoms with van der Waals surface area (Å²) in [7, 11) is 0. The van der Waals surface area contributed by atoms with E-state index in [0.29, 0.717) is 5.69 Å². The van der Waals surface area contributed by atoms with Crippen molar-refractivity contribution in [3.05, 3.63) is 48.4 Å². The van der Waals surface area contributed by atoms with E-state index < -0.39 is 5.97 Å². The number of aromatic carboxylic acids is 1. The summed E-state index contributed by atoms with van der Waals surface area (Å²) >= 11 is 0. The van der Waals surface area contributed by atoms with Crippen LogP contribution in [0.2, 0.25) is 0 Å². The highest BCUT2D eigenvalue weighted by Crippen LogP contribution is 2.22. The van der Waals surface area contributed by atoms with E-state index in [1.807, 2.05) is 24.3 Å². The van der Waals surface area contributed by atoms with Gasteiger partial charge in [0.05, 0.1) is 5.69 Å². The molecule has 0 atom stereocenters. The van der Waals surface area contributed by atoms with Gasteiger partial charge >= 0.3 is 5.97 Å². The molecule has 0 aliphatic carbocycles. The van der Waals surface area contributed by atoms with Gasteiger partial charge in [-0.25, -0.2) is 4.79 Å². The third-order valence-electron chi connectivity index (χ3n) is 2.74. The molecule has 0 saturated heterocycles. The lowest BCUT2D eigenvalue weighted by molar-refractivity contribution is 0.0690. The van der Waals surface area contributed by atoms with E-state index in [1.54, 1.807) is 12.4 Å². The van der Waals surface area contributed by atoms with Crippen LogP contribution in [0.5, 0.6) is 0 Å². The zero-order valence-corrected chi connectivity index (χ0v) is 9.29. The number of hydrogen-bond donors (Lipinski definition) is 2. The van der Waals surface area contributed by atoms with Gasteiger partial charge in [0.25, 0.3) is 0 Å². The van der Waals surface area contributed by atoms with Crippen LogP contribution in [-0.4, -0.2) is 26.3 Å². The summed E-state index contributed by atoms with van der Waals surface area (Å²) in [6.45, 7) is 0. The maximum Gasteiger partial charge on any atom is 0.353 e. The average molecular weight is 239 g/mol. The van der Waals surface area contributed by atoms with Crippen LogP contribution in [0.3, 0.4) is 0 Å². The Morgan fingerprint density at radius 1 is 1.17 bits per heavy atom. The Hall–Kier alpha value is -2.69. The standard InChI is InChI=1S/C13H9N3O2/c17-13(18)12-6-11(15-16-12)9-1-2-10-7-14-4-3-8(10)5-9/h1-7H,(H,15,16)(H,17,18). The molecule has 0 aliphatic rings. The molecule has 0 radical (unpaired) electrons. The molecule has 0 fully saturated rings. The summed E-state index contributed by atoms with van der Waals surface area (Å²) in [5.41, 5.74) is 1.57. The highest BCUT2D eigenvalue weighted by atomic mass is 16.4. The smallest absolute Gasteiger partial charge is 0.353 e. The Labute approximate surface area is 102 Å². The van der Waals surface area contributed by atoms with Crippen LogP contribution in [0.25, 0.3) is 22.0 Å². The third-order valence-corrected chi connectivity index (χ3v) is 2.74. The number of carboxylic acid groups (broad SMARTS) is 1. The van der Waals surface area contributed by atoms with E-state index in [0.717, 1.165) is 16.3 Å². The van der Waals surface area contributed by atoms with E-state index in [2.05, 4.69) is 15.2 Å². The molecule has 0 aliphatic heterocycles. The van der Waals surface area contributed by atoms with E-state index in [1.165, 1.54) is 6.07 Å². The number of carboxylic acids is 1. The minimum absolute atomic E-state index is 0.0832. The van der Waals surface area contributed by atoms with E-state index in [-0.39, 0.29) is 5.69 Å². The molecule has 18 heavy (non-hydrogen) atoms. The SMILES string of the molecule is O=C(O)c1cc(-c2ccc3cnccc3c2)n[nH]1. The predicted molar refractivity (Wildman–Crippen MR) is 66.3 cm³/mol. The van der Waals surface area contributed by atoms with Gasteiger partial charge in [0.2, 0.25) is 0 Å². The molecular weight excluding hydrogens is 230 g/mol. The topological polar surface area (TPSA) is 78.9 Å². The van der Waals surface area contributed by atoms with Crippen molar-refractivity contribution in [2.24, 2.45) is 0 Å². The molecule has 0 amide bonds. The van der Waals surface area contributed by atoms with Crippen molar-refractivity contribution in [1.82, 2.24) is 15.2 Å². The number of carbonyl (C=O) groups is 1. The Bertz CT molecular complexity index is 734. The lowest BCUT2D eigenvalue weighted by Gasteiger charge is -1.99. The molecule has 1 aromatic carbocycles. The summed E-state index contributed by atoms with van der Waals surface area (Å²) < 4.78 is 0. The van der Waals surface area contributed by atoms with Crippen LogP contribution in [0.1, 0.15) is 10.5 Å². The van der Waals surface area contributed by atoms with Crippen molar-refractivity contribution in [3.8, 4) is 11.3 Å². The fraction of sp³-hybridized carbons (Fsp3) is 0. The van der Waals surface area contributed by atoms with Crippen LogP contribution >= 0.6 is 0 Å². The van der Waals surface area contributed by atoms with Gasteiger partial charge in [0.1, 0.15) is 5.69 Å². The highest BCUT2D eigenvalue weighted by molar-refractivity contribution is 5.89. The van der Waals surface area contributed by atoms with E-state index >= 15 is 0 Å². The summed E-state index contributed by atoms with van der Waals surface area (Å²) in [5, 5.41) is 17.4. The van der Waals surface area contributed by atoms with Crippen LogP contribution in [0.15, 0.2) is 42.7 Å². The molecule has 5 heteroatoms. The van der Waals surface area contributed by atoms with E-state index in [9.17, 15) is 4.79 Å². The molecule has 5 nitrogen and oxygen atoms in total. The minimum Gasteiger partial charge on any atom is -0.477 e. The first-order valence-electron chi connectivity index (χ1n) is 5.37. The van der Waals surface area contributed by atoms with Gasteiger partial charge in [0, 0.05) is 23.3 Å². The maximum absolute atomic E-state index is 10.8. The lowest BCUT2D eigenvalue weighted by atomic mass is 10.1. The zero-order chi connectivity index (χ0) is 12.5. The monoisotopic (exact) mass is 239 g/mol. The lowest BCUT2D eigenvalue weighted by Crippen LogP contribution is -1.95. The van der Waals surface area contributed by atoms with Crippen LogP contribution < -0.4 is 0 Å². The van der Waals surface area contributed by atoms with Crippen molar-refractivity contribution < 1.29 is 9.90 Å². The molecule has 88 valence electrons. The Balaban J connectivity index is 2.10. The first-order valence-corrected chi connectivity index (χ1v) is 5.37. The summed E-state index contributed by atoms with van der Waals surface area (Å²) in [4.78, 5) is 14.8. The normalized spacial score (nSPS) is 10.7. The molecule has 2 N–H and O–H groups in total. The molecule has 0 unspecified atom stereocenters. The van der Waals surface area contributed by atoms with Crippen LogP contribution in [0.4, 0.5) is 0 Å². The van der Waals surface area contributed by atoms with Crippen molar-refractivity contribution in [2.45, 2.75) is 0 Å². The number of nitrogens with zero attached hydrogens (tertiary/aromatic N) is 2. The van der Waals surface area contributed by atoms with Crippen LogP contribution in [0, 0.1) is 0 Å². The molecular formula is C13H9N3O2. The zero-order valence-electron chi connectivity index (χ0n) is 9.29. The number of hydrogen-bond acceptors (Lipinski definition) is 3. The minimum atomic E-state index is -1.02. The van der Waals surface area contributed by atoms with Gasteiger partial charge in [-0.15, -0.1) is 0 Å². The second kappa shape index (κ2) is 3.96. The largest absolute Gasteiger partial charge is 0.477 e. The summed E-state index contributed by atoms with van der Waals surface area (Å²) in [6, 6.07) is 9.21. The number of rotatable bonds is 2. The number of benzene rings is 1. The predicted octanol–water partition coefficient (Wildman–Crippen LogP) is 2.32. The van der Waals surface area contributed by atoms with Gasteiger partial charge < -0.3 is 5.11 Å². The van der Waals surface area contributed by atoms with Crippen LogP contribution in [-0.2, 0) is 0 Å². The molecule has 3 aromatic rings. The number of fused-ring (bicyclic) bond motifs is 1. The Morgan fingerprint density at radius 2 is 2.06 bits per heavy atom. The molecule has 3 rings (SSSR count). The quantitative estimate of drug-likeness (QED) is 0.719. The molecule has 0 spiro atoms. The first-order chi connectivity index (χ1) is 8.74. The van der Waals surface area contributed by atoms with Crippen molar-refractivity contribution in [2.75, 3.05) is 0 Å². The second-order valence-electron chi connectivity index (χ2n) is 3.91. The fourth-order valence-corrected chi connectivity index (χ4v) is 1.82. The third kappa shape index (κ3) is 1.71. The van der Waals surface area contributed by atoms with Gasteiger partial charge in [-0.3, -0.25) is 10.1 Å². The molecule has 2 heterocycles. The van der Waals surface area contributed by atoms with Crippen molar-refractivity contribution in [3.63, 3.8) is 0 Å². The first kappa shape index (κ1) is 10.5. The molecule has 0 saturated carbocycles. The fourth-order valence-electron chi connectivity index (χ4n) is 1.82. The number of nitrogens with one attached hydrogen (secondary N) is 1. The van der Waals surface area contributed by atoms with Crippen molar-refractivity contribution >= 4 is 16.7 Å². The number of aromatic amines is 1. The van der Waals surface area contributed by atoms with E-state index in [4.69, 9.17) is 5.11 Å². The van der Waals surface area contributed by atoms with Gasteiger partial charge in [-0.2, -0.15) is 5.10 Å². The number of H-pyrrole nitrogens is 1. The average Bonchev–Trinajstić information content (AvgIpc) is 2.88. The van der Waals surface area contributed by atoms with Crippen molar-refractivity contribution in [1.29, 1.82) is 0 Å². The number of pyridine rings is 1. The van der Waals surface area contributed by atoms with Gasteiger partial charge in [0.15, 0.2) is 0 Å². The Morgan fingerprint density at radius 3 is 2.83 bits per heavy atom. The number of aromatic nitrogens is 3. The molecule has 2 aromatic heterocycles.